The lowest BCUT2D eigenvalue weighted by Crippen LogP contribution is -1.93. The molecule has 0 radical (unpaired) electrons. The summed E-state index contributed by atoms with van der Waals surface area (Å²) in [6, 6.07) is 11.3. The van der Waals surface area contributed by atoms with Crippen LogP contribution in [0.1, 0.15) is 24.4 Å². The van der Waals surface area contributed by atoms with Gasteiger partial charge in [0.25, 0.3) is 0 Å². The van der Waals surface area contributed by atoms with Crippen molar-refractivity contribution in [1.29, 1.82) is 0 Å². The van der Waals surface area contributed by atoms with Crippen LogP contribution in [0.2, 0.25) is 0 Å². The maximum atomic E-state index is 11.6. The van der Waals surface area contributed by atoms with Crippen LogP contribution in [-0.2, 0) is 11.4 Å². The van der Waals surface area contributed by atoms with Gasteiger partial charge in [0.05, 0.1) is 0 Å². The van der Waals surface area contributed by atoms with Gasteiger partial charge in [-0.3, -0.25) is 4.79 Å². The second-order valence-corrected chi connectivity index (χ2v) is 5.97. The first-order valence-electron chi connectivity index (χ1n) is 6.90. The van der Waals surface area contributed by atoms with E-state index in [4.69, 9.17) is 9.15 Å². The van der Waals surface area contributed by atoms with Crippen molar-refractivity contribution in [2.24, 2.45) is 5.92 Å². The van der Waals surface area contributed by atoms with Crippen LogP contribution in [0.15, 0.2) is 51.4 Å². The van der Waals surface area contributed by atoms with E-state index < -0.39 is 0 Å². The maximum Gasteiger partial charge on any atom is 0.158 e. The molecule has 1 aliphatic carbocycles. The van der Waals surface area contributed by atoms with E-state index in [1.165, 1.54) is 0 Å². The zero-order chi connectivity index (χ0) is 14.7. The average Bonchev–Trinajstić information content (AvgIpc) is 3.24. The molecule has 0 saturated heterocycles. The molecule has 3 nitrogen and oxygen atoms in total. The minimum atomic E-state index is 0.194. The fourth-order valence-electron chi connectivity index (χ4n) is 1.92. The minimum Gasteiger partial charge on any atom is -0.486 e. The van der Waals surface area contributed by atoms with Gasteiger partial charge in [0, 0.05) is 10.4 Å². The highest BCUT2D eigenvalue weighted by Crippen LogP contribution is 2.30. The van der Waals surface area contributed by atoms with Gasteiger partial charge >= 0.3 is 0 Å². The van der Waals surface area contributed by atoms with Crippen molar-refractivity contribution in [2.75, 3.05) is 0 Å². The van der Waals surface area contributed by atoms with Crippen LogP contribution in [0, 0.1) is 5.92 Å². The molecule has 108 valence electrons. The predicted molar refractivity (Wildman–Crippen MR) is 83.9 cm³/mol. The number of hydrogen-bond acceptors (Lipinski definition) is 3. The van der Waals surface area contributed by atoms with Crippen molar-refractivity contribution in [3.63, 3.8) is 0 Å². The van der Waals surface area contributed by atoms with Gasteiger partial charge in [-0.05, 0) is 61.4 Å². The van der Waals surface area contributed by atoms with E-state index in [2.05, 4.69) is 15.9 Å². The van der Waals surface area contributed by atoms with Crippen molar-refractivity contribution >= 4 is 27.8 Å². The van der Waals surface area contributed by atoms with Gasteiger partial charge in [-0.15, -0.1) is 0 Å². The van der Waals surface area contributed by atoms with Crippen LogP contribution in [0.25, 0.3) is 6.08 Å². The Morgan fingerprint density at radius 3 is 2.71 bits per heavy atom. The number of allylic oxidation sites excluding steroid dienone is 1. The summed E-state index contributed by atoms with van der Waals surface area (Å²) in [6.07, 6.45) is 5.38. The minimum absolute atomic E-state index is 0.194. The molecule has 4 heteroatoms. The number of rotatable bonds is 6. The molecule has 1 aromatic carbocycles. The quantitative estimate of drug-likeness (QED) is 0.716. The summed E-state index contributed by atoms with van der Waals surface area (Å²) in [6.45, 7) is 0.367. The Labute approximate surface area is 131 Å². The summed E-state index contributed by atoms with van der Waals surface area (Å²) in [4.78, 5) is 11.6. The summed E-state index contributed by atoms with van der Waals surface area (Å²) in [5.41, 5.74) is 0. The van der Waals surface area contributed by atoms with Crippen molar-refractivity contribution in [3.05, 3.63) is 58.5 Å². The molecule has 0 amide bonds. The summed E-state index contributed by atoms with van der Waals surface area (Å²) in [5, 5.41) is 0. The molecule has 3 rings (SSSR count). The average molecular weight is 347 g/mol. The molecule has 1 heterocycles. The van der Waals surface area contributed by atoms with Gasteiger partial charge in [0.2, 0.25) is 0 Å². The number of carbonyl (C=O) groups excluding carboxylic acids is 1. The SMILES string of the molecule is O=C(/C=C/c1ccc(COc2ccc(Br)cc2)o1)C1CC1. The number of carbonyl (C=O) groups is 1. The summed E-state index contributed by atoms with van der Waals surface area (Å²) < 4.78 is 12.2. The van der Waals surface area contributed by atoms with Gasteiger partial charge in [0.15, 0.2) is 5.78 Å². The summed E-state index contributed by atoms with van der Waals surface area (Å²) in [7, 11) is 0. The van der Waals surface area contributed by atoms with Crippen LogP contribution in [0.5, 0.6) is 5.75 Å². The number of ketones is 1. The van der Waals surface area contributed by atoms with Gasteiger partial charge in [-0.1, -0.05) is 15.9 Å². The van der Waals surface area contributed by atoms with E-state index >= 15 is 0 Å². The molecule has 0 atom stereocenters. The Kier molecular flexibility index (Phi) is 4.25. The molecule has 0 spiro atoms. The maximum absolute atomic E-state index is 11.6. The van der Waals surface area contributed by atoms with Gasteiger partial charge in [-0.2, -0.15) is 0 Å². The van der Waals surface area contributed by atoms with Gasteiger partial charge in [-0.25, -0.2) is 0 Å². The Morgan fingerprint density at radius 2 is 2.00 bits per heavy atom. The van der Waals surface area contributed by atoms with E-state index in [1.54, 1.807) is 12.2 Å². The lowest BCUT2D eigenvalue weighted by Gasteiger charge is -2.03. The van der Waals surface area contributed by atoms with E-state index in [1.807, 2.05) is 36.4 Å². The van der Waals surface area contributed by atoms with Crippen LogP contribution in [0.3, 0.4) is 0 Å². The van der Waals surface area contributed by atoms with E-state index in [0.717, 1.165) is 28.8 Å². The molecular formula is C17H15BrO3. The topological polar surface area (TPSA) is 39.4 Å². The lowest BCUT2D eigenvalue weighted by atomic mass is 10.2. The third-order valence-electron chi connectivity index (χ3n) is 3.27. The van der Waals surface area contributed by atoms with Crippen molar-refractivity contribution in [3.8, 4) is 5.75 Å². The number of halogens is 1. The molecule has 1 saturated carbocycles. The molecule has 21 heavy (non-hydrogen) atoms. The number of hydrogen-bond donors (Lipinski definition) is 0. The molecule has 1 aliphatic rings. The highest BCUT2D eigenvalue weighted by molar-refractivity contribution is 9.10. The molecule has 0 aliphatic heterocycles. The third kappa shape index (κ3) is 4.08. The van der Waals surface area contributed by atoms with E-state index in [-0.39, 0.29) is 11.7 Å². The number of furan rings is 1. The van der Waals surface area contributed by atoms with Gasteiger partial charge in [0.1, 0.15) is 23.9 Å². The normalized spacial score (nSPS) is 14.5. The Bertz CT molecular complexity index is 651. The fourth-order valence-corrected chi connectivity index (χ4v) is 2.18. The third-order valence-corrected chi connectivity index (χ3v) is 3.80. The first-order valence-corrected chi connectivity index (χ1v) is 7.69. The van der Waals surface area contributed by atoms with Crippen LogP contribution < -0.4 is 4.74 Å². The van der Waals surface area contributed by atoms with E-state index in [9.17, 15) is 4.79 Å². The second-order valence-electron chi connectivity index (χ2n) is 5.06. The largest absolute Gasteiger partial charge is 0.486 e. The first-order chi connectivity index (χ1) is 10.2. The van der Waals surface area contributed by atoms with Crippen molar-refractivity contribution in [1.82, 2.24) is 0 Å². The lowest BCUT2D eigenvalue weighted by molar-refractivity contribution is -0.115. The molecule has 1 fully saturated rings. The van der Waals surface area contributed by atoms with Crippen LogP contribution in [-0.4, -0.2) is 5.78 Å². The standard InChI is InChI=1S/C17H15BrO3/c18-13-3-5-14(6-4-13)20-11-16-8-7-15(21-16)9-10-17(19)12-1-2-12/h3-10,12H,1-2,11H2/b10-9+. The predicted octanol–water partition coefficient (Wildman–Crippen LogP) is 4.61. The van der Waals surface area contributed by atoms with E-state index in [0.29, 0.717) is 12.4 Å². The Balaban J connectivity index is 1.54. The first kappa shape index (κ1) is 14.1. The molecule has 0 N–H and O–H groups in total. The molecule has 1 aromatic heterocycles. The highest BCUT2D eigenvalue weighted by atomic mass is 79.9. The van der Waals surface area contributed by atoms with Crippen molar-refractivity contribution in [2.45, 2.75) is 19.4 Å². The van der Waals surface area contributed by atoms with Crippen LogP contribution >= 0.6 is 15.9 Å². The zero-order valence-corrected chi connectivity index (χ0v) is 13.0. The second kappa shape index (κ2) is 6.31. The monoisotopic (exact) mass is 346 g/mol. The summed E-state index contributed by atoms with van der Waals surface area (Å²) in [5.74, 6) is 2.64. The molecule has 0 unspecified atom stereocenters. The summed E-state index contributed by atoms with van der Waals surface area (Å²) >= 11 is 3.38. The number of ether oxygens (including phenoxy) is 1. The Morgan fingerprint density at radius 1 is 1.24 bits per heavy atom. The smallest absolute Gasteiger partial charge is 0.158 e. The molecule has 0 bridgehead atoms. The Hall–Kier alpha value is -1.81. The van der Waals surface area contributed by atoms with Crippen molar-refractivity contribution < 1.29 is 13.9 Å². The zero-order valence-electron chi connectivity index (χ0n) is 11.4. The number of benzene rings is 1. The molecule has 2 aromatic rings. The fraction of sp³-hybridized carbons (Fsp3) is 0.235. The van der Waals surface area contributed by atoms with Crippen LogP contribution in [0.4, 0.5) is 0 Å². The molecular weight excluding hydrogens is 332 g/mol. The van der Waals surface area contributed by atoms with Gasteiger partial charge < -0.3 is 9.15 Å². The highest BCUT2D eigenvalue weighted by Gasteiger charge is 2.27.